The molecule has 6 heteroatoms. The summed E-state index contributed by atoms with van der Waals surface area (Å²) in [5.41, 5.74) is 0.0463. The maximum absolute atomic E-state index is 11.1. The van der Waals surface area contributed by atoms with Gasteiger partial charge in [0, 0.05) is 0 Å². The van der Waals surface area contributed by atoms with E-state index in [1.807, 2.05) is 0 Å². The van der Waals surface area contributed by atoms with Crippen LogP contribution in [-0.2, 0) is 6.61 Å². The fraction of sp³-hybridized carbons (Fsp3) is 0.154. The second-order valence-corrected chi connectivity index (χ2v) is 4.44. The van der Waals surface area contributed by atoms with E-state index >= 15 is 0 Å². The van der Waals surface area contributed by atoms with Gasteiger partial charge in [0.2, 0.25) is 0 Å². The van der Waals surface area contributed by atoms with E-state index in [9.17, 15) is 4.79 Å². The zero-order valence-corrected chi connectivity index (χ0v) is 11.6. The van der Waals surface area contributed by atoms with E-state index < -0.39 is 5.97 Å². The van der Waals surface area contributed by atoms with Crippen LogP contribution in [0.1, 0.15) is 16.1 Å². The van der Waals surface area contributed by atoms with Crippen LogP contribution in [0.15, 0.2) is 39.4 Å². The van der Waals surface area contributed by atoms with Gasteiger partial charge in [-0.2, -0.15) is 0 Å². The van der Waals surface area contributed by atoms with Crippen LogP contribution in [-0.4, -0.2) is 18.2 Å². The molecule has 0 unspecified atom stereocenters. The second kappa shape index (κ2) is 5.79. The number of furan rings is 1. The number of carboxylic acid groups (broad SMARTS) is 1. The standard InChI is InChI=1S/C13H11BrO5/c1-17-8-2-4-11(10(6-8)13(15)16)18-7-9-3-5-12(14)19-9/h2-6H,7H2,1H3,(H,15,16). The minimum absolute atomic E-state index is 0.0463. The van der Waals surface area contributed by atoms with Gasteiger partial charge in [-0.15, -0.1) is 0 Å². The average Bonchev–Trinajstić information content (AvgIpc) is 2.82. The topological polar surface area (TPSA) is 68.9 Å². The van der Waals surface area contributed by atoms with E-state index in [0.717, 1.165) is 0 Å². The van der Waals surface area contributed by atoms with Crippen LogP contribution in [0.3, 0.4) is 0 Å². The lowest BCUT2D eigenvalue weighted by atomic mass is 10.2. The van der Waals surface area contributed by atoms with Gasteiger partial charge in [0.05, 0.1) is 7.11 Å². The molecule has 2 aromatic rings. The summed E-state index contributed by atoms with van der Waals surface area (Å²) in [6.07, 6.45) is 0. The smallest absolute Gasteiger partial charge is 0.339 e. The van der Waals surface area contributed by atoms with Crippen molar-refractivity contribution in [1.82, 2.24) is 0 Å². The molecule has 0 radical (unpaired) electrons. The number of hydrogen-bond acceptors (Lipinski definition) is 4. The fourth-order valence-corrected chi connectivity index (χ4v) is 1.85. The van der Waals surface area contributed by atoms with Crippen molar-refractivity contribution in [2.45, 2.75) is 6.61 Å². The van der Waals surface area contributed by atoms with Crippen molar-refractivity contribution in [3.8, 4) is 11.5 Å². The van der Waals surface area contributed by atoms with Crippen LogP contribution in [0, 0.1) is 0 Å². The molecule has 0 aliphatic carbocycles. The molecule has 1 aromatic heterocycles. The number of ether oxygens (including phenoxy) is 2. The molecule has 5 nitrogen and oxygen atoms in total. The van der Waals surface area contributed by atoms with Crippen LogP contribution >= 0.6 is 15.9 Å². The number of methoxy groups -OCH3 is 1. The average molecular weight is 327 g/mol. The molecule has 1 heterocycles. The highest BCUT2D eigenvalue weighted by atomic mass is 79.9. The van der Waals surface area contributed by atoms with E-state index in [2.05, 4.69) is 15.9 Å². The van der Waals surface area contributed by atoms with Crippen LogP contribution in [0.4, 0.5) is 0 Å². The van der Waals surface area contributed by atoms with Crippen molar-refractivity contribution >= 4 is 21.9 Å². The second-order valence-electron chi connectivity index (χ2n) is 3.66. The van der Waals surface area contributed by atoms with Gasteiger partial charge in [-0.05, 0) is 46.3 Å². The minimum atomic E-state index is -1.07. The molecule has 0 spiro atoms. The molecule has 0 saturated heterocycles. The van der Waals surface area contributed by atoms with Gasteiger partial charge in [-0.25, -0.2) is 4.79 Å². The summed E-state index contributed by atoms with van der Waals surface area (Å²) in [5, 5.41) is 9.12. The zero-order valence-electron chi connectivity index (χ0n) is 10.1. The third-order valence-electron chi connectivity index (χ3n) is 2.42. The summed E-state index contributed by atoms with van der Waals surface area (Å²) in [4.78, 5) is 11.1. The highest BCUT2D eigenvalue weighted by molar-refractivity contribution is 9.10. The highest BCUT2D eigenvalue weighted by Gasteiger charge is 2.13. The number of benzene rings is 1. The van der Waals surface area contributed by atoms with Gasteiger partial charge >= 0.3 is 5.97 Å². The number of aromatic carboxylic acids is 1. The Morgan fingerprint density at radius 1 is 1.37 bits per heavy atom. The Labute approximate surface area is 117 Å². The van der Waals surface area contributed by atoms with E-state index in [4.69, 9.17) is 19.0 Å². The van der Waals surface area contributed by atoms with Crippen molar-refractivity contribution in [3.63, 3.8) is 0 Å². The molecule has 0 aliphatic heterocycles. The lowest BCUT2D eigenvalue weighted by molar-refractivity contribution is 0.0690. The maximum Gasteiger partial charge on any atom is 0.339 e. The molecule has 0 bridgehead atoms. The van der Waals surface area contributed by atoms with Gasteiger partial charge in [0.15, 0.2) is 4.67 Å². The molecule has 1 N–H and O–H groups in total. The first kappa shape index (κ1) is 13.5. The van der Waals surface area contributed by atoms with Gasteiger partial charge < -0.3 is 19.0 Å². The van der Waals surface area contributed by atoms with E-state index in [-0.39, 0.29) is 17.9 Å². The molecule has 0 fully saturated rings. The highest BCUT2D eigenvalue weighted by Crippen LogP contribution is 2.25. The summed E-state index contributed by atoms with van der Waals surface area (Å²) in [6, 6.07) is 8.09. The first-order valence-corrected chi connectivity index (χ1v) is 6.18. The Morgan fingerprint density at radius 2 is 2.16 bits per heavy atom. The van der Waals surface area contributed by atoms with Crippen molar-refractivity contribution in [2.75, 3.05) is 7.11 Å². The summed E-state index contributed by atoms with van der Waals surface area (Å²) in [5.74, 6) is 0.250. The summed E-state index contributed by atoms with van der Waals surface area (Å²) in [6.45, 7) is 0.151. The quantitative estimate of drug-likeness (QED) is 0.912. The Balaban J connectivity index is 2.17. The van der Waals surface area contributed by atoms with Crippen LogP contribution < -0.4 is 9.47 Å². The fourth-order valence-electron chi connectivity index (χ4n) is 1.51. The maximum atomic E-state index is 11.1. The number of carbonyl (C=O) groups is 1. The normalized spacial score (nSPS) is 10.2. The lowest BCUT2D eigenvalue weighted by Crippen LogP contribution is -2.03. The van der Waals surface area contributed by atoms with Crippen molar-refractivity contribution in [3.05, 3.63) is 46.3 Å². The molecular formula is C13H11BrO5. The Morgan fingerprint density at radius 3 is 2.74 bits per heavy atom. The van der Waals surface area contributed by atoms with E-state index in [0.29, 0.717) is 16.2 Å². The summed E-state index contributed by atoms with van der Waals surface area (Å²) in [7, 11) is 1.47. The molecular weight excluding hydrogens is 316 g/mol. The summed E-state index contributed by atoms with van der Waals surface area (Å²) < 4.78 is 16.3. The molecule has 2 rings (SSSR count). The third kappa shape index (κ3) is 3.29. The predicted octanol–water partition coefficient (Wildman–Crippen LogP) is 3.33. The van der Waals surface area contributed by atoms with Gasteiger partial charge in [0.25, 0.3) is 0 Å². The number of rotatable bonds is 5. The van der Waals surface area contributed by atoms with E-state index in [1.165, 1.54) is 13.2 Å². The third-order valence-corrected chi connectivity index (χ3v) is 2.84. The molecule has 0 saturated carbocycles. The molecule has 19 heavy (non-hydrogen) atoms. The zero-order chi connectivity index (χ0) is 13.8. The van der Waals surface area contributed by atoms with Crippen molar-refractivity contribution in [1.29, 1.82) is 0 Å². The van der Waals surface area contributed by atoms with Crippen LogP contribution in [0.5, 0.6) is 11.5 Å². The number of carboxylic acids is 1. The Kier molecular flexibility index (Phi) is 4.11. The molecule has 0 aliphatic rings. The minimum Gasteiger partial charge on any atom is -0.497 e. The Hall–Kier alpha value is -1.95. The molecule has 0 amide bonds. The first-order valence-electron chi connectivity index (χ1n) is 5.38. The Bertz CT molecular complexity index is 590. The molecule has 0 atom stereocenters. The van der Waals surface area contributed by atoms with Gasteiger partial charge in [0.1, 0.15) is 29.4 Å². The van der Waals surface area contributed by atoms with Crippen LogP contribution in [0.25, 0.3) is 0 Å². The van der Waals surface area contributed by atoms with E-state index in [1.54, 1.807) is 24.3 Å². The van der Waals surface area contributed by atoms with Crippen molar-refractivity contribution < 1.29 is 23.8 Å². The lowest BCUT2D eigenvalue weighted by Gasteiger charge is -2.09. The molecule has 100 valence electrons. The van der Waals surface area contributed by atoms with Crippen molar-refractivity contribution in [2.24, 2.45) is 0 Å². The number of halogens is 1. The summed E-state index contributed by atoms with van der Waals surface area (Å²) >= 11 is 3.18. The predicted molar refractivity (Wildman–Crippen MR) is 70.7 cm³/mol. The largest absolute Gasteiger partial charge is 0.497 e. The van der Waals surface area contributed by atoms with Gasteiger partial charge in [-0.1, -0.05) is 0 Å². The monoisotopic (exact) mass is 326 g/mol. The SMILES string of the molecule is COc1ccc(OCc2ccc(Br)o2)c(C(=O)O)c1. The molecule has 1 aromatic carbocycles. The van der Waals surface area contributed by atoms with Gasteiger partial charge in [-0.3, -0.25) is 0 Å². The number of hydrogen-bond donors (Lipinski definition) is 1. The first-order chi connectivity index (χ1) is 9.10. The van der Waals surface area contributed by atoms with Crippen LogP contribution in [0.2, 0.25) is 0 Å².